The molecule has 0 aliphatic heterocycles. The van der Waals surface area contributed by atoms with E-state index in [0.717, 1.165) is 5.56 Å². The first-order valence-electron chi connectivity index (χ1n) is 5.35. The van der Waals surface area contributed by atoms with Crippen LogP contribution in [-0.2, 0) is 0 Å². The second-order valence-electron chi connectivity index (χ2n) is 3.89. The fraction of sp³-hybridized carbons (Fsp3) is 0.0769. The summed E-state index contributed by atoms with van der Waals surface area (Å²) in [5.74, 6) is -0.278. The van der Waals surface area contributed by atoms with E-state index in [9.17, 15) is 4.79 Å². The molecule has 0 saturated heterocycles. The number of halogens is 1. The lowest BCUT2D eigenvalue weighted by molar-refractivity contribution is 0.102. The number of amides is 1. The van der Waals surface area contributed by atoms with Crippen molar-refractivity contribution in [3.05, 3.63) is 52.8 Å². The van der Waals surface area contributed by atoms with E-state index in [1.807, 2.05) is 6.92 Å². The first-order chi connectivity index (χ1) is 8.56. The number of aromatic nitrogens is 1. The third kappa shape index (κ3) is 2.78. The molecule has 1 heterocycles. The van der Waals surface area contributed by atoms with E-state index in [1.54, 1.807) is 30.3 Å². The van der Waals surface area contributed by atoms with Gasteiger partial charge in [0.15, 0.2) is 0 Å². The average molecular weight is 262 g/mol. The van der Waals surface area contributed by atoms with Gasteiger partial charge < -0.3 is 11.1 Å². The number of carbonyl (C=O) groups excluding carboxylic acids is 1. The molecule has 0 saturated carbocycles. The number of carbonyl (C=O) groups is 1. The van der Waals surface area contributed by atoms with Crippen LogP contribution in [0.2, 0.25) is 5.02 Å². The van der Waals surface area contributed by atoms with Gasteiger partial charge in [0.05, 0.1) is 5.02 Å². The van der Waals surface area contributed by atoms with Gasteiger partial charge in [0.25, 0.3) is 5.91 Å². The van der Waals surface area contributed by atoms with Gasteiger partial charge in [0.2, 0.25) is 0 Å². The average Bonchev–Trinajstić information content (AvgIpc) is 2.33. The maximum absolute atomic E-state index is 11.9. The van der Waals surface area contributed by atoms with Gasteiger partial charge in [-0.25, -0.2) is 4.98 Å². The van der Waals surface area contributed by atoms with Crippen molar-refractivity contribution in [3.8, 4) is 0 Å². The Morgan fingerprint density at radius 3 is 2.72 bits per heavy atom. The Hall–Kier alpha value is -2.07. The minimum absolute atomic E-state index is 0.278. The van der Waals surface area contributed by atoms with Crippen LogP contribution in [0.4, 0.5) is 11.4 Å². The number of nitrogens with one attached hydrogen (secondary N) is 1. The third-order valence-electron chi connectivity index (χ3n) is 2.46. The third-order valence-corrected chi connectivity index (χ3v) is 2.68. The zero-order valence-electron chi connectivity index (χ0n) is 9.77. The largest absolute Gasteiger partial charge is 0.399 e. The number of hydrogen-bond donors (Lipinski definition) is 2. The molecule has 2 aromatic rings. The summed E-state index contributed by atoms with van der Waals surface area (Å²) in [4.78, 5) is 15.9. The van der Waals surface area contributed by atoms with Crippen LogP contribution in [0.15, 0.2) is 36.5 Å². The van der Waals surface area contributed by atoms with Crippen LogP contribution in [0, 0.1) is 6.92 Å². The predicted octanol–water partition coefficient (Wildman–Crippen LogP) is 2.88. The molecule has 4 nitrogen and oxygen atoms in total. The summed E-state index contributed by atoms with van der Waals surface area (Å²) in [6.45, 7) is 1.88. The molecule has 1 amide bonds. The quantitative estimate of drug-likeness (QED) is 0.817. The van der Waals surface area contributed by atoms with Crippen molar-refractivity contribution >= 4 is 28.9 Å². The summed E-state index contributed by atoms with van der Waals surface area (Å²) >= 11 is 5.71. The topological polar surface area (TPSA) is 68.0 Å². The van der Waals surface area contributed by atoms with Crippen molar-refractivity contribution in [3.63, 3.8) is 0 Å². The zero-order valence-corrected chi connectivity index (χ0v) is 10.5. The molecule has 0 fully saturated rings. The molecule has 92 valence electrons. The van der Waals surface area contributed by atoms with Gasteiger partial charge >= 0.3 is 0 Å². The summed E-state index contributed by atoms with van der Waals surface area (Å²) in [5.41, 5.74) is 8.24. The van der Waals surface area contributed by atoms with Gasteiger partial charge in [-0.05, 0) is 42.8 Å². The van der Waals surface area contributed by atoms with E-state index in [2.05, 4.69) is 10.3 Å². The Bertz CT molecular complexity index is 581. The molecule has 0 radical (unpaired) electrons. The second-order valence-corrected chi connectivity index (χ2v) is 4.33. The Morgan fingerprint density at radius 2 is 2.11 bits per heavy atom. The summed E-state index contributed by atoms with van der Waals surface area (Å²) in [7, 11) is 0. The van der Waals surface area contributed by atoms with Gasteiger partial charge in [-0.3, -0.25) is 4.79 Å². The number of pyridine rings is 1. The maximum atomic E-state index is 11.9. The number of hydrogen-bond acceptors (Lipinski definition) is 3. The SMILES string of the molecule is Cc1cc(N)ccc1NC(=O)c1ccc(Cl)cn1. The van der Waals surface area contributed by atoms with Gasteiger partial charge in [-0.1, -0.05) is 11.6 Å². The lowest BCUT2D eigenvalue weighted by Crippen LogP contribution is -2.14. The van der Waals surface area contributed by atoms with Crippen molar-refractivity contribution in [2.24, 2.45) is 0 Å². The Kier molecular flexibility index (Phi) is 3.48. The van der Waals surface area contributed by atoms with E-state index in [0.29, 0.717) is 22.1 Å². The highest BCUT2D eigenvalue weighted by atomic mass is 35.5. The number of aryl methyl sites for hydroxylation is 1. The van der Waals surface area contributed by atoms with Gasteiger partial charge in [-0.15, -0.1) is 0 Å². The molecule has 5 heteroatoms. The minimum atomic E-state index is -0.278. The van der Waals surface area contributed by atoms with Crippen LogP contribution in [0.5, 0.6) is 0 Å². The number of benzene rings is 1. The molecule has 1 aromatic carbocycles. The molecule has 0 unspecified atom stereocenters. The first-order valence-corrected chi connectivity index (χ1v) is 5.73. The highest BCUT2D eigenvalue weighted by Gasteiger charge is 2.08. The predicted molar refractivity (Wildman–Crippen MR) is 72.8 cm³/mol. The Labute approximate surface area is 110 Å². The number of rotatable bonds is 2. The molecular formula is C13H12ClN3O. The first kappa shape index (κ1) is 12.4. The molecule has 0 atom stereocenters. The zero-order chi connectivity index (χ0) is 13.1. The molecular weight excluding hydrogens is 250 g/mol. The molecule has 18 heavy (non-hydrogen) atoms. The maximum Gasteiger partial charge on any atom is 0.274 e. The molecule has 0 aliphatic rings. The van der Waals surface area contributed by atoms with E-state index < -0.39 is 0 Å². The lowest BCUT2D eigenvalue weighted by Gasteiger charge is -2.08. The van der Waals surface area contributed by atoms with Crippen LogP contribution < -0.4 is 11.1 Å². The number of nitrogen functional groups attached to an aromatic ring is 1. The summed E-state index contributed by atoms with van der Waals surface area (Å²) in [5, 5.41) is 3.27. The Balaban J connectivity index is 2.18. The van der Waals surface area contributed by atoms with Gasteiger partial charge in [0.1, 0.15) is 5.69 Å². The number of nitrogens with two attached hydrogens (primary N) is 1. The Morgan fingerprint density at radius 1 is 1.33 bits per heavy atom. The van der Waals surface area contributed by atoms with E-state index >= 15 is 0 Å². The lowest BCUT2D eigenvalue weighted by atomic mass is 10.1. The van der Waals surface area contributed by atoms with E-state index in [1.165, 1.54) is 6.20 Å². The van der Waals surface area contributed by atoms with Crippen LogP contribution >= 0.6 is 11.6 Å². The fourth-order valence-corrected chi connectivity index (χ4v) is 1.64. The normalized spacial score (nSPS) is 10.1. The number of anilines is 2. The van der Waals surface area contributed by atoms with E-state index in [4.69, 9.17) is 17.3 Å². The van der Waals surface area contributed by atoms with Crippen LogP contribution in [0.3, 0.4) is 0 Å². The molecule has 1 aromatic heterocycles. The monoisotopic (exact) mass is 261 g/mol. The highest BCUT2D eigenvalue weighted by molar-refractivity contribution is 6.30. The van der Waals surface area contributed by atoms with Crippen molar-refractivity contribution in [1.82, 2.24) is 4.98 Å². The van der Waals surface area contributed by atoms with Crippen molar-refractivity contribution in [2.75, 3.05) is 11.1 Å². The van der Waals surface area contributed by atoms with E-state index in [-0.39, 0.29) is 5.91 Å². The summed E-state index contributed by atoms with van der Waals surface area (Å²) < 4.78 is 0. The van der Waals surface area contributed by atoms with Gasteiger partial charge in [0, 0.05) is 17.6 Å². The van der Waals surface area contributed by atoms with Crippen molar-refractivity contribution in [1.29, 1.82) is 0 Å². The fourth-order valence-electron chi connectivity index (χ4n) is 1.52. The molecule has 0 aliphatic carbocycles. The second kappa shape index (κ2) is 5.06. The van der Waals surface area contributed by atoms with Crippen molar-refractivity contribution < 1.29 is 4.79 Å². The summed E-state index contributed by atoms with van der Waals surface area (Å²) in [6, 6.07) is 8.49. The smallest absolute Gasteiger partial charge is 0.274 e. The molecule has 0 spiro atoms. The molecule has 3 N–H and O–H groups in total. The van der Waals surface area contributed by atoms with Crippen LogP contribution in [-0.4, -0.2) is 10.9 Å². The summed E-state index contributed by atoms with van der Waals surface area (Å²) in [6.07, 6.45) is 1.44. The van der Waals surface area contributed by atoms with Crippen LogP contribution in [0.25, 0.3) is 0 Å². The minimum Gasteiger partial charge on any atom is -0.399 e. The van der Waals surface area contributed by atoms with Crippen LogP contribution in [0.1, 0.15) is 16.1 Å². The standard InChI is InChI=1S/C13H12ClN3O/c1-8-6-10(15)3-5-11(8)17-13(18)12-4-2-9(14)7-16-12/h2-7H,15H2,1H3,(H,17,18). The van der Waals surface area contributed by atoms with Crippen molar-refractivity contribution in [2.45, 2.75) is 6.92 Å². The molecule has 2 rings (SSSR count). The molecule has 0 bridgehead atoms. The highest BCUT2D eigenvalue weighted by Crippen LogP contribution is 2.18. The van der Waals surface area contributed by atoms with Gasteiger partial charge in [-0.2, -0.15) is 0 Å². The number of nitrogens with zero attached hydrogens (tertiary/aromatic N) is 1.